The zero-order valence-corrected chi connectivity index (χ0v) is 15.9. The molecule has 2 aliphatic rings. The molecule has 0 radical (unpaired) electrons. The third-order valence-electron chi connectivity index (χ3n) is 5.77. The SMILES string of the molecule is CCC1(CC)NC(=O)N(CC(=O)OC2c3ccccc3-c3ccccc32)C1=O. The van der Waals surface area contributed by atoms with E-state index in [9.17, 15) is 14.4 Å². The fraction of sp³-hybridized carbons (Fsp3) is 0.318. The van der Waals surface area contributed by atoms with Crippen molar-refractivity contribution in [3.05, 3.63) is 59.7 Å². The van der Waals surface area contributed by atoms with Gasteiger partial charge in [-0.05, 0) is 24.0 Å². The van der Waals surface area contributed by atoms with Gasteiger partial charge in [-0.1, -0.05) is 62.4 Å². The summed E-state index contributed by atoms with van der Waals surface area (Å²) >= 11 is 0. The predicted molar refractivity (Wildman–Crippen MR) is 103 cm³/mol. The Balaban J connectivity index is 1.55. The average Bonchev–Trinajstić information content (AvgIpc) is 3.16. The van der Waals surface area contributed by atoms with Crippen molar-refractivity contribution in [2.75, 3.05) is 6.54 Å². The molecular weight excluding hydrogens is 356 g/mol. The van der Waals surface area contributed by atoms with Crippen LogP contribution in [0.25, 0.3) is 11.1 Å². The van der Waals surface area contributed by atoms with Gasteiger partial charge in [0, 0.05) is 11.1 Å². The molecule has 0 unspecified atom stereocenters. The van der Waals surface area contributed by atoms with E-state index < -0.39 is 30.2 Å². The maximum absolute atomic E-state index is 12.7. The molecule has 1 N–H and O–H groups in total. The van der Waals surface area contributed by atoms with Crippen molar-refractivity contribution in [3.63, 3.8) is 0 Å². The van der Waals surface area contributed by atoms with E-state index in [1.807, 2.05) is 62.4 Å². The van der Waals surface area contributed by atoms with Gasteiger partial charge < -0.3 is 10.1 Å². The highest BCUT2D eigenvalue weighted by molar-refractivity contribution is 6.08. The number of benzene rings is 2. The van der Waals surface area contributed by atoms with E-state index in [1.54, 1.807) is 0 Å². The molecule has 2 aromatic carbocycles. The van der Waals surface area contributed by atoms with Gasteiger partial charge in [0.2, 0.25) is 0 Å². The van der Waals surface area contributed by atoms with Gasteiger partial charge in [0.05, 0.1) is 0 Å². The van der Waals surface area contributed by atoms with Crippen LogP contribution in [0, 0.1) is 0 Å². The van der Waals surface area contributed by atoms with Gasteiger partial charge in [-0.25, -0.2) is 4.79 Å². The van der Waals surface area contributed by atoms with Gasteiger partial charge in [-0.2, -0.15) is 0 Å². The summed E-state index contributed by atoms with van der Waals surface area (Å²) in [4.78, 5) is 38.6. The highest BCUT2D eigenvalue weighted by Gasteiger charge is 2.49. The lowest BCUT2D eigenvalue weighted by atomic mass is 9.93. The first kappa shape index (κ1) is 18.2. The Labute approximate surface area is 163 Å². The number of hydrogen-bond acceptors (Lipinski definition) is 4. The third kappa shape index (κ3) is 2.68. The largest absolute Gasteiger partial charge is 0.451 e. The van der Waals surface area contributed by atoms with E-state index in [0.29, 0.717) is 12.8 Å². The van der Waals surface area contributed by atoms with Gasteiger partial charge in [0.15, 0.2) is 6.10 Å². The van der Waals surface area contributed by atoms with Crippen molar-refractivity contribution >= 4 is 17.9 Å². The van der Waals surface area contributed by atoms with Gasteiger partial charge in [-0.3, -0.25) is 14.5 Å². The van der Waals surface area contributed by atoms with Crippen LogP contribution >= 0.6 is 0 Å². The molecule has 2 aromatic rings. The third-order valence-corrected chi connectivity index (χ3v) is 5.77. The van der Waals surface area contributed by atoms with Crippen LogP contribution in [0.15, 0.2) is 48.5 Å². The maximum atomic E-state index is 12.7. The molecule has 0 atom stereocenters. The van der Waals surface area contributed by atoms with Crippen LogP contribution in [-0.4, -0.2) is 34.9 Å². The number of amides is 3. The number of fused-ring (bicyclic) bond motifs is 3. The van der Waals surface area contributed by atoms with Crippen LogP contribution in [0.2, 0.25) is 0 Å². The van der Waals surface area contributed by atoms with E-state index in [4.69, 9.17) is 4.74 Å². The van der Waals surface area contributed by atoms with Crippen LogP contribution in [0.4, 0.5) is 4.79 Å². The number of rotatable bonds is 5. The molecule has 3 amide bonds. The van der Waals surface area contributed by atoms with Gasteiger partial charge >= 0.3 is 12.0 Å². The number of hydrogen-bond donors (Lipinski definition) is 1. The van der Waals surface area contributed by atoms with E-state index in [1.165, 1.54) is 0 Å². The van der Waals surface area contributed by atoms with E-state index in [-0.39, 0.29) is 5.91 Å². The van der Waals surface area contributed by atoms with Crippen LogP contribution in [0.1, 0.15) is 43.9 Å². The number of urea groups is 1. The fourth-order valence-corrected chi connectivity index (χ4v) is 4.08. The number of nitrogens with one attached hydrogen (secondary N) is 1. The lowest BCUT2D eigenvalue weighted by Crippen LogP contribution is -2.46. The van der Waals surface area contributed by atoms with Crippen molar-refractivity contribution in [1.29, 1.82) is 0 Å². The zero-order chi connectivity index (χ0) is 19.9. The molecule has 0 spiro atoms. The number of carbonyl (C=O) groups excluding carboxylic acids is 3. The second-order valence-corrected chi connectivity index (χ2v) is 7.16. The minimum atomic E-state index is -0.927. The Morgan fingerprint density at radius 3 is 2.04 bits per heavy atom. The van der Waals surface area contributed by atoms with Crippen LogP contribution in [0.3, 0.4) is 0 Å². The summed E-state index contributed by atoms with van der Waals surface area (Å²) < 4.78 is 5.75. The molecule has 1 fully saturated rings. The number of esters is 1. The smallest absolute Gasteiger partial charge is 0.327 e. The van der Waals surface area contributed by atoms with E-state index in [0.717, 1.165) is 27.2 Å². The molecule has 0 aromatic heterocycles. The highest BCUT2D eigenvalue weighted by atomic mass is 16.5. The predicted octanol–water partition coefficient (Wildman–Crippen LogP) is 3.41. The Morgan fingerprint density at radius 1 is 1.00 bits per heavy atom. The second kappa shape index (κ2) is 6.78. The summed E-state index contributed by atoms with van der Waals surface area (Å²) in [6.45, 7) is 3.29. The summed E-state index contributed by atoms with van der Waals surface area (Å²) in [6, 6.07) is 15.0. The Morgan fingerprint density at radius 2 is 1.54 bits per heavy atom. The van der Waals surface area contributed by atoms with Gasteiger partial charge in [-0.15, -0.1) is 0 Å². The van der Waals surface area contributed by atoms with Crippen LogP contribution < -0.4 is 5.32 Å². The van der Waals surface area contributed by atoms with Crippen molar-refractivity contribution in [2.24, 2.45) is 0 Å². The van der Waals surface area contributed by atoms with Gasteiger partial charge in [0.25, 0.3) is 5.91 Å². The molecule has 144 valence electrons. The minimum Gasteiger partial charge on any atom is -0.451 e. The second-order valence-electron chi connectivity index (χ2n) is 7.16. The molecule has 0 bridgehead atoms. The number of nitrogens with zero attached hydrogens (tertiary/aromatic N) is 1. The molecule has 1 saturated heterocycles. The first-order chi connectivity index (χ1) is 13.5. The first-order valence-electron chi connectivity index (χ1n) is 9.52. The van der Waals surface area contributed by atoms with E-state index in [2.05, 4.69) is 5.32 Å². The molecule has 4 rings (SSSR count). The van der Waals surface area contributed by atoms with Crippen molar-refractivity contribution in [2.45, 2.75) is 38.3 Å². The molecule has 28 heavy (non-hydrogen) atoms. The minimum absolute atomic E-state index is 0.369. The monoisotopic (exact) mass is 378 g/mol. The molecule has 0 saturated carbocycles. The summed E-state index contributed by atoms with van der Waals surface area (Å²) in [5.74, 6) is -0.977. The maximum Gasteiger partial charge on any atom is 0.327 e. The molecule has 6 nitrogen and oxygen atoms in total. The van der Waals surface area contributed by atoms with E-state index >= 15 is 0 Å². The zero-order valence-electron chi connectivity index (χ0n) is 15.9. The fourth-order valence-electron chi connectivity index (χ4n) is 4.08. The molecule has 1 heterocycles. The van der Waals surface area contributed by atoms with Crippen molar-refractivity contribution in [3.8, 4) is 11.1 Å². The molecule has 1 aliphatic carbocycles. The normalized spacial score (nSPS) is 17.3. The van der Waals surface area contributed by atoms with Crippen LogP contribution in [0.5, 0.6) is 0 Å². The molecule has 1 aliphatic heterocycles. The number of carbonyl (C=O) groups is 3. The number of imide groups is 1. The van der Waals surface area contributed by atoms with Crippen LogP contribution in [-0.2, 0) is 14.3 Å². The summed E-state index contributed by atoms with van der Waals surface area (Å²) in [5, 5.41) is 2.73. The lowest BCUT2D eigenvalue weighted by Gasteiger charge is -2.23. The topological polar surface area (TPSA) is 75.7 Å². The Hall–Kier alpha value is -3.15. The standard InChI is InChI=1S/C22H22N2O4/c1-3-22(4-2)20(26)24(21(27)23-22)13-18(25)28-19-16-11-7-5-9-14(16)15-10-6-8-12-17(15)19/h5-12,19H,3-4,13H2,1-2H3,(H,23,27). The molecule has 6 heteroatoms. The quantitative estimate of drug-likeness (QED) is 0.639. The Kier molecular flexibility index (Phi) is 4.41. The number of ether oxygens (including phenoxy) is 1. The summed E-state index contributed by atoms with van der Waals surface area (Å²) in [7, 11) is 0. The van der Waals surface area contributed by atoms with Gasteiger partial charge in [0.1, 0.15) is 12.1 Å². The summed E-state index contributed by atoms with van der Waals surface area (Å²) in [6.07, 6.45) is 0.411. The highest BCUT2D eigenvalue weighted by Crippen LogP contribution is 2.45. The first-order valence-corrected chi connectivity index (χ1v) is 9.52. The average molecular weight is 378 g/mol. The lowest BCUT2D eigenvalue weighted by molar-refractivity contribution is -0.151. The van der Waals surface area contributed by atoms with Crippen molar-refractivity contribution in [1.82, 2.24) is 10.2 Å². The Bertz CT molecular complexity index is 919. The summed E-state index contributed by atoms with van der Waals surface area (Å²) in [5.41, 5.74) is 2.95. The molecular formula is C22H22N2O4. The van der Waals surface area contributed by atoms with Crippen molar-refractivity contribution < 1.29 is 19.1 Å².